The summed E-state index contributed by atoms with van der Waals surface area (Å²) in [6.07, 6.45) is 10.8. The molecule has 0 spiro atoms. The molecule has 0 saturated heterocycles. The number of hydrogen-bond donors (Lipinski definition) is 1. The van der Waals surface area contributed by atoms with Crippen LogP contribution in [0.5, 0.6) is 0 Å². The molecule has 1 aromatic carbocycles. The molecule has 1 rings (SSSR count). The fourth-order valence-corrected chi connectivity index (χ4v) is 2.90. The maximum absolute atomic E-state index is 7.57. The highest BCUT2D eigenvalue weighted by atomic mass is 16.5. The second-order valence-corrected chi connectivity index (χ2v) is 7.88. The molecule has 250 valence electrons. The molecule has 0 fully saturated rings. The van der Waals surface area contributed by atoms with E-state index in [9.17, 15) is 0 Å². The number of hydrogen-bond acceptors (Lipinski definition) is 6. The molecule has 0 heterocycles. The van der Waals surface area contributed by atoms with Crippen LogP contribution in [0.2, 0.25) is 0 Å². The van der Waals surface area contributed by atoms with Gasteiger partial charge in [-0.05, 0) is 48.9 Å². The number of aliphatic hydroxyl groups is 1. The molecular formula is C36H70O6. The first-order valence-electron chi connectivity index (χ1n) is 16.1. The lowest BCUT2D eigenvalue weighted by atomic mass is 10.00. The zero-order valence-corrected chi connectivity index (χ0v) is 29.4. The van der Waals surface area contributed by atoms with Crippen molar-refractivity contribution in [2.75, 3.05) is 39.6 Å². The molecule has 1 N–H and O–H groups in total. The predicted octanol–water partition coefficient (Wildman–Crippen LogP) is 10.1. The Hall–Kier alpha value is -2.12. The van der Waals surface area contributed by atoms with E-state index in [0.29, 0.717) is 46.2 Å². The fourth-order valence-electron chi connectivity index (χ4n) is 2.90. The topological polar surface area (TPSA) is 66.4 Å². The molecule has 0 bridgehead atoms. The average Bonchev–Trinajstić information content (AvgIpc) is 3.02. The lowest BCUT2D eigenvalue weighted by Gasteiger charge is -2.16. The Morgan fingerprint density at radius 1 is 0.619 bits per heavy atom. The van der Waals surface area contributed by atoms with Crippen molar-refractivity contribution in [2.45, 2.75) is 121 Å². The maximum Gasteiger partial charge on any atom is 0.111 e. The van der Waals surface area contributed by atoms with Gasteiger partial charge >= 0.3 is 0 Å². The van der Waals surface area contributed by atoms with Crippen LogP contribution in [0.1, 0.15) is 117 Å². The van der Waals surface area contributed by atoms with E-state index in [2.05, 4.69) is 52.6 Å². The van der Waals surface area contributed by atoms with Crippen molar-refractivity contribution < 1.29 is 28.8 Å². The summed E-state index contributed by atoms with van der Waals surface area (Å²) in [6, 6.07) is 4.30. The summed E-state index contributed by atoms with van der Waals surface area (Å²) in [5, 5.41) is 7.57. The third kappa shape index (κ3) is 37.9. The van der Waals surface area contributed by atoms with Crippen molar-refractivity contribution in [3.63, 3.8) is 0 Å². The van der Waals surface area contributed by atoms with Crippen molar-refractivity contribution in [3.05, 3.63) is 72.7 Å². The van der Waals surface area contributed by atoms with Crippen LogP contribution in [0.15, 0.2) is 50.5 Å². The molecule has 0 unspecified atom stereocenters. The molecule has 0 saturated carbocycles. The highest BCUT2D eigenvalue weighted by Crippen LogP contribution is 2.20. The summed E-state index contributed by atoms with van der Waals surface area (Å²) in [7, 11) is 0. The van der Waals surface area contributed by atoms with Crippen LogP contribution in [0.4, 0.5) is 0 Å². The van der Waals surface area contributed by atoms with Crippen molar-refractivity contribution in [1.82, 2.24) is 0 Å². The Morgan fingerprint density at radius 3 is 1.40 bits per heavy atom. The molecule has 0 amide bonds. The molecule has 0 aliphatic heterocycles. The third-order valence-corrected chi connectivity index (χ3v) is 4.76. The van der Waals surface area contributed by atoms with Gasteiger partial charge < -0.3 is 28.8 Å². The van der Waals surface area contributed by atoms with Crippen LogP contribution in [0.25, 0.3) is 0 Å². The predicted molar refractivity (Wildman–Crippen MR) is 184 cm³/mol. The van der Waals surface area contributed by atoms with Gasteiger partial charge in [0, 0.05) is 13.2 Å². The number of rotatable bonds is 20. The van der Waals surface area contributed by atoms with Gasteiger partial charge in [0.1, 0.15) is 13.2 Å². The Labute approximate surface area is 262 Å². The van der Waals surface area contributed by atoms with Crippen molar-refractivity contribution in [3.8, 4) is 0 Å². The first kappa shape index (κ1) is 49.6. The SMILES string of the molecule is C=CCCCOCc1cc(COCCOC=C)c(COCCOC=C)cc1C.CC.CC.CC.CCCCC.CCO. The molecule has 0 aromatic heterocycles. The number of aryl methyl sites for hydroxylation is 1. The van der Waals surface area contributed by atoms with Crippen LogP contribution >= 0.6 is 0 Å². The fraction of sp³-hybridized carbons (Fsp3) is 0.667. The van der Waals surface area contributed by atoms with Crippen molar-refractivity contribution >= 4 is 0 Å². The lowest BCUT2D eigenvalue weighted by molar-refractivity contribution is 0.0652. The van der Waals surface area contributed by atoms with Crippen LogP contribution in [0, 0.1) is 6.92 Å². The van der Waals surface area contributed by atoms with E-state index in [1.807, 2.05) is 47.6 Å². The quantitative estimate of drug-likeness (QED) is 0.0915. The third-order valence-electron chi connectivity index (χ3n) is 4.76. The first-order valence-corrected chi connectivity index (χ1v) is 16.1. The van der Waals surface area contributed by atoms with E-state index in [0.717, 1.165) is 30.6 Å². The standard InChI is InChI=1S/C23H34O5.C5H12.C2H6O.3C2H6/c1-5-8-9-10-26-17-21-16-23(19-28-14-12-25-7-3)22(15-20(21)4)18-27-13-11-24-6-2;1-3-5-4-2;1-2-3;3*1-2/h5-7,15-16H,1-3,8-14,17-19H2,4H3;3-5H2,1-2H3;3H,2H2,1H3;3*1-2H3. The summed E-state index contributed by atoms with van der Waals surface area (Å²) < 4.78 is 27.5. The van der Waals surface area contributed by atoms with Gasteiger partial charge in [-0.2, -0.15) is 0 Å². The highest BCUT2D eigenvalue weighted by molar-refractivity contribution is 5.37. The van der Waals surface area contributed by atoms with E-state index in [1.54, 1.807) is 6.92 Å². The Kier molecular flexibility index (Phi) is 57.3. The van der Waals surface area contributed by atoms with E-state index < -0.39 is 0 Å². The van der Waals surface area contributed by atoms with E-state index in [4.69, 9.17) is 28.8 Å². The Bertz CT molecular complexity index is 644. The summed E-state index contributed by atoms with van der Waals surface area (Å²) >= 11 is 0. The summed E-state index contributed by atoms with van der Waals surface area (Å²) in [5.41, 5.74) is 4.55. The highest BCUT2D eigenvalue weighted by Gasteiger charge is 2.09. The van der Waals surface area contributed by atoms with Crippen LogP contribution < -0.4 is 0 Å². The normalized spacial score (nSPS) is 8.83. The monoisotopic (exact) mass is 599 g/mol. The van der Waals surface area contributed by atoms with Gasteiger partial charge in [-0.15, -0.1) is 6.58 Å². The molecule has 0 aliphatic rings. The van der Waals surface area contributed by atoms with Gasteiger partial charge in [-0.25, -0.2) is 0 Å². The average molecular weight is 599 g/mol. The maximum atomic E-state index is 7.57. The first-order chi connectivity index (χ1) is 20.6. The molecule has 0 atom stereocenters. The van der Waals surface area contributed by atoms with Gasteiger partial charge in [-0.1, -0.05) is 106 Å². The smallest absolute Gasteiger partial charge is 0.111 e. The van der Waals surface area contributed by atoms with Gasteiger partial charge in [-0.3, -0.25) is 0 Å². The minimum atomic E-state index is 0.250. The van der Waals surface area contributed by atoms with Gasteiger partial charge in [0.15, 0.2) is 0 Å². The summed E-state index contributed by atoms with van der Waals surface area (Å²) in [6.45, 7) is 35.5. The van der Waals surface area contributed by atoms with Crippen molar-refractivity contribution in [2.24, 2.45) is 0 Å². The van der Waals surface area contributed by atoms with Crippen LogP contribution in [-0.4, -0.2) is 44.7 Å². The molecule has 0 radical (unpaired) electrons. The minimum Gasteiger partial charge on any atom is -0.499 e. The zero-order chi connectivity index (χ0) is 33.3. The summed E-state index contributed by atoms with van der Waals surface area (Å²) in [5.74, 6) is 0. The summed E-state index contributed by atoms with van der Waals surface area (Å²) in [4.78, 5) is 0. The number of allylic oxidation sites excluding steroid dienone is 1. The van der Waals surface area contributed by atoms with E-state index >= 15 is 0 Å². The number of unbranched alkanes of at least 4 members (excludes halogenated alkanes) is 3. The van der Waals surface area contributed by atoms with E-state index in [-0.39, 0.29) is 6.61 Å². The lowest BCUT2D eigenvalue weighted by Crippen LogP contribution is -2.08. The number of ether oxygens (including phenoxy) is 5. The zero-order valence-electron chi connectivity index (χ0n) is 29.4. The second-order valence-electron chi connectivity index (χ2n) is 7.88. The number of benzene rings is 1. The molecule has 6 heteroatoms. The van der Waals surface area contributed by atoms with Crippen LogP contribution in [-0.2, 0) is 43.5 Å². The van der Waals surface area contributed by atoms with Gasteiger partial charge in [0.05, 0.1) is 45.6 Å². The second kappa shape index (κ2) is 48.6. The number of aliphatic hydroxyl groups excluding tert-OH is 1. The van der Waals surface area contributed by atoms with Gasteiger partial charge in [0.25, 0.3) is 0 Å². The molecule has 1 aromatic rings. The Morgan fingerprint density at radius 2 is 1.02 bits per heavy atom. The molecule has 42 heavy (non-hydrogen) atoms. The largest absolute Gasteiger partial charge is 0.499 e. The Balaban J connectivity index is -0.000000276. The van der Waals surface area contributed by atoms with Crippen molar-refractivity contribution in [1.29, 1.82) is 0 Å². The molecule has 0 aliphatic carbocycles. The van der Waals surface area contributed by atoms with Crippen LogP contribution in [0.3, 0.4) is 0 Å². The van der Waals surface area contributed by atoms with Gasteiger partial charge in [0.2, 0.25) is 0 Å². The minimum absolute atomic E-state index is 0.250. The molecule has 6 nitrogen and oxygen atoms in total. The van der Waals surface area contributed by atoms with E-state index in [1.165, 1.54) is 42.9 Å². The molecular weight excluding hydrogens is 528 g/mol.